The van der Waals surface area contributed by atoms with Crippen LogP contribution in [0, 0.1) is 17.8 Å². The number of aliphatic hydroxyl groups is 2. The van der Waals surface area contributed by atoms with E-state index in [-0.39, 0.29) is 6.61 Å². The van der Waals surface area contributed by atoms with Gasteiger partial charge >= 0.3 is 5.97 Å². The third-order valence-electron chi connectivity index (χ3n) is 3.95. The molecular weight excluding hydrogens is 316 g/mol. The summed E-state index contributed by atoms with van der Waals surface area (Å²) >= 11 is 0. The molecule has 25 heavy (non-hydrogen) atoms. The Morgan fingerprint density at radius 3 is 1.88 bits per heavy atom. The Labute approximate surface area is 155 Å². The summed E-state index contributed by atoms with van der Waals surface area (Å²) in [5.41, 5.74) is 0. The monoisotopic (exact) mass is 358 g/mol. The van der Waals surface area contributed by atoms with Crippen molar-refractivity contribution in [3.05, 3.63) is 12.2 Å². The lowest BCUT2D eigenvalue weighted by Crippen LogP contribution is -1.93. The Hall–Kier alpha value is -0.870. The van der Waals surface area contributed by atoms with Crippen LogP contribution in [-0.4, -0.2) is 34.5 Å². The highest BCUT2D eigenvalue weighted by Gasteiger charge is 2.33. The van der Waals surface area contributed by atoms with Gasteiger partial charge in [-0.2, -0.15) is 0 Å². The molecule has 0 heterocycles. The Bertz CT molecular complexity index is 311. The van der Waals surface area contributed by atoms with E-state index in [1.807, 2.05) is 6.08 Å². The Morgan fingerprint density at radius 2 is 1.60 bits per heavy atom. The van der Waals surface area contributed by atoms with Crippen LogP contribution in [0.1, 0.15) is 85.5 Å². The number of carboxylic acids is 1. The van der Waals surface area contributed by atoms with Gasteiger partial charge in [0.1, 0.15) is 0 Å². The van der Waals surface area contributed by atoms with Crippen LogP contribution in [0.2, 0.25) is 0 Å². The zero-order valence-corrected chi connectivity index (χ0v) is 16.9. The zero-order chi connectivity index (χ0) is 19.5. The number of hydrogen-bond donors (Lipinski definition) is 3. The minimum atomic E-state index is -0.650. The first-order valence-electron chi connectivity index (χ1n) is 10.1. The largest absolute Gasteiger partial charge is 0.481 e. The van der Waals surface area contributed by atoms with Gasteiger partial charge in [0, 0.05) is 19.6 Å². The summed E-state index contributed by atoms with van der Waals surface area (Å²) in [6.45, 7) is 9.22. The van der Waals surface area contributed by atoms with Crippen molar-refractivity contribution >= 4 is 5.97 Å². The van der Waals surface area contributed by atoms with Crippen LogP contribution in [0.4, 0.5) is 0 Å². The molecule has 2 rings (SSSR count). The maximum absolute atomic E-state index is 9.85. The number of carbonyl (C=O) groups is 1. The van der Waals surface area contributed by atoms with E-state index < -0.39 is 5.97 Å². The van der Waals surface area contributed by atoms with Crippen molar-refractivity contribution in [1.29, 1.82) is 0 Å². The molecule has 150 valence electrons. The van der Waals surface area contributed by atoms with Crippen molar-refractivity contribution in [3.63, 3.8) is 0 Å². The van der Waals surface area contributed by atoms with Crippen molar-refractivity contribution in [1.82, 2.24) is 0 Å². The summed E-state index contributed by atoms with van der Waals surface area (Å²) in [6, 6.07) is 0. The SMILES string of the molecule is CC/C=C\CCO.CCC.CC[C@@H]1C[C@@H]1CCO.O=C(O)CC1CC1. The summed E-state index contributed by atoms with van der Waals surface area (Å²) in [5, 5.41) is 24.9. The molecule has 3 N–H and O–H groups in total. The minimum absolute atomic E-state index is 0.274. The molecule has 2 aliphatic rings. The van der Waals surface area contributed by atoms with Crippen molar-refractivity contribution in [2.75, 3.05) is 13.2 Å². The Balaban J connectivity index is 0. The fraction of sp³-hybridized carbons (Fsp3) is 0.857. The van der Waals surface area contributed by atoms with Crippen LogP contribution in [0.15, 0.2) is 12.2 Å². The van der Waals surface area contributed by atoms with Crippen LogP contribution in [0.3, 0.4) is 0 Å². The molecule has 2 fully saturated rings. The summed E-state index contributed by atoms with van der Waals surface area (Å²) in [5.74, 6) is 1.71. The number of carboxylic acid groups (broad SMARTS) is 1. The zero-order valence-electron chi connectivity index (χ0n) is 16.9. The first-order chi connectivity index (χ1) is 12.0. The van der Waals surface area contributed by atoms with Crippen LogP contribution in [0.25, 0.3) is 0 Å². The van der Waals surface area contributed by atoms with Gasteiger partial charge in [-0.05, 0) is 56.3 Å². The molecule has 0 aliphatic heterocycles. The number of aliphatic hydroxyl groups excluding tert-OH is 2. The van der Waals surface area contributed by atoms with Gasteiger partial charge < -0.3 is 15.3 Å². The molecule has 0 unspecified atom stereocenters. The summed E-state index contributed by atoms with van der Waals surface area (Å²) in [4.78, 5) is 9.85. The summed E-state index contributed by atoms with van der Waals surface area (Å²) in [6.07, 6.45) is 13.5. The fourth-order valence-electron chi connectivity index (χ4n) is 2.26. The third kappa shape index (κ3) is 23.1. The van der Waals surface area contributed by atoms with E-state index in [9.17, 15) is 4.79 Å². The first-order valence-corrected chi connectivity index (χ1v) is 10.1. The molecule has 4 heteroatoms. The maximum Gasteiger partial charge on any atom is 0.303 e. The summed E-state index contributed by atoms with van der Waals surface area (Å²) in [7, 11) is 0. The van der Waals surface area contributed by atoms with E-state index in [1.165, 1.54) is 19.3 Å². The smallest absolute Gasteiger partial charge is 0.303 e. The van der Waals surface area contributed by atoms with E-state index in [1.54, 1.807) is 0 Å². The second-order valence-electron chi connectivity index (χ2n) is 6.82. The minimum Gasteiger partial charge on any atom is -0.481 e. The van der Waals surface area contributed by atoms with E-state index >= 15 is 0 Å². The van der Waals surface area contributed by atoms with Crippen LogP contribution in [-0.2, 0) is 4.79 Å². The van der Waals surface area contributed by atoms with Gasteiger partial charge in [-0.3, -0.25) is 4.79 Å². The highest BCUT2D eigenvalue weighted by Crippen LogP contribution is 2.43. The molecule has 0 bridgehead atoms. The Morgan fingerprint density at radius 1 is 1.00 bits per heavy atom. The molecule has 2 aliphatic carbocycles. The lowest BCUT2D eigenvalue weighted by atomic mass is 10.2. The van der Waals surface area contributed by atoms with Crippen LogP contribution < -0.4 is 0 Å². The lowest BCUT2D eigenvalue weighted by molar-refractivity contribution is -0.137. The number of hydrogen-bond acceptors (Lipinski definition) is 3. The predicted octanol–water partition coefficient (Wildman–Crippen LogP) is 5.04. The molecule has 0 aromatic heterocycles. The average molecular weight is 359 g/mol. The molecule has 0 aromatic carbocycles. The molecule has 4 nitrogen and oxygen atoms in total. The van der Waals surface area contributed by atoms with Gasteiger partial charge in [0.15, 0.2) is 0 Å². The van der Waals surface area contributed by atoms with Gasteiger partial charge in [0.2, 0.25) is 0 Å². The molecule has 0 aromatic rings. The number of aliphatic carboxylic acids is 1. The number of rotatable bonds is 8. The van der Waals surface area contributed by atoms with Gasteiger partial charge in [-0.25, -0.2) is 0 Å². The van der Waals surface area contributed by atoms with Crippen molar-refractivity contribution in [2.45, 2.75) is 85.5 Å². The van der Waals surface area contributed by atoms with Crippen LogP contribution >= 0.6 is 0 Å². The van der Waals surface area contributed by atoms with Gasteiger partial charge in [-0.15, -0.1) is 0 Å². The van der Waals surface area contributed by atoms with Gasteiger partial charge in [-0.1, -0.05) is 52.7 Å². The molecule has 2 atom stereocenters. The third-order valence-corrected chi connectivity index (χ3v) is 3.95. The Kier molecular flexibility index (Phi) is 20.5. The second-order valence-corrected chi connectivity index (χ2v) is 6.82. The predicted molar refractivity (Wildman–Crippen MR) is 106 cm³/mol. The molecule has 2 saturated carbocycles. The van der Waals surface area contributed by atoms with Gasteiger partial charge in [0.05, 0.1) is 0 Å². The highest BCUT2D eigenvalue weighted by atomic mass is 16.4. The van der Waals surface area contributed by atoms with E-state index in [2.05, 4.69) is 33.8 Å². The topological polar surface area (TPSA) is 77.8 Å². The van der Waals surface area contributed by atoms with Crippen molar-refractivity contribution in [3.8, 4) is 0 Å². The van der Waals surface area contributed by atoms with E-state index in [0.717, 1.165) is 43.9 Å². The molecular formula is C21H42O4. The molecule has 0 spiro atoms. The van der Waals surface area contributed by atoms with E-state index in [0.29, 0.717) is 18.9 Å². The quantitative estimate of drug-likeness (QED) is 0.531. The number of allylic oxidation sites excluding steroid dienone is 1. The second kappa shape index (κ2) is 19.5. The molecule has 0 saturated heterocycles. The average Bonchev–Trinajstić information content (AvgIpc) is 3.47. The van der Waals surface area contributed by atoms with Crippen molar-refractivity contribution in [2.24, 2.45) is 17.8 Å². The standard InChI is InChI=1S/C7H14O.C6H12O.C5H8O2.C3H8/c1-2-6-5-7(6)3-4-8;1-2-3-4-5-6-7;6-5(7)3-4-1-2-4;1-3-2/h6-8H,2-5H2,1H3;3-4,7H,2,5-6H2,1H3;4H,1-3H2,(H,6,7);3H2,1-2H3/b;4-3-;;/t6-,7+;;;/m1.../s1. The highest BCUT2D eigenvalue weighted by molar-refractivity contribution is 5.67. The molecule has 0 radical (unpaired) electrons. The maximum atomic E-state index is 9.85. The fourth-order valence-corrected chi connectivity index (χ4v) is 2.26. The van der Waals surface area contributed by atoms with Gasteiger partial charge in [0.25, 0.3) is 0 Å². The van der Waals surface area contributed by atoms with E-state index in [4.69, 9.17) is 15.3 Å². The van der Waals surface area contributed by atoms with Crippen molar-refractivity contribution < 1.29 is 20.1 Å². The normalized spacial score (nSPS) is 20.4. The first kappa shape index (κ1) is 26.4. The summed E-state index contributed by atoms with van der Waals surface area (Å²) < 4.78 is 0. The lowest BCUT2D eigenvalue weighted by Gasteiger charge is -1.89. The van der Waals surface area contributed by atoms with Crippen LogP contribution in [0.5, 0.6) is 0 Å². The molecule has 0 amide bonds.